The molecule has 0 unspecified atom stereocenters. The minimum absolute atomic E-state index is 0.0356. The number of rotatable bonds is 3. The van der Waals surface area contributed by atoms with Crippen LogP contribution < -0.4 is 0 Å². The highest BCUT2D eigenvalue weighted by molar-refractivity contribution is 7.89. The Bertz CT molecular complexity index is 301. The topological polar surface area (TPSA) is 54.5 Å². The lowest BCUT2D eigenvalue weighted by molar-refractivity contribution is -0.116. The molecular formula is C6H9F2NO3S. The summed E-state index contributed by atoms with van der Waals surface area (Å²) < 4.78 is 46.6. The van der Waals surface area contributed by atoms with Crippen molar-refractivity contribution in [2.45, 2.75) is 12.8 Å². The average Bonchev–Trinajstić information content (AvgIpc) is 2.32. The highest BCUT2D eigenvalue weighted by atomic mass is 32.2. The van der Waals surface area contributed by atoms with Crippen LogP contribution in [0, 0.1) is 0 Å². The van der Waals surface area contributed by atoms with Gasteiger partial charge in [-0.25, -0.2) is 17.2 Å². The van der Waals surface area contributed by atoms with E-state index in [9.17, 15) is 22.0 Å². The molecule has 7 heteroatoms. The first kappa shape index (κ1) is 10.5. The largest absolute Gasteiger partial charge is 0.298 e. The lowest BCUT2D eigenvalue weighted by Crippen LogP contribution is -2.33. The number of carbonyl (C=O) groups excluding carboxylic acids is 1. The molecule has 0 atom stereocenters. The minimum Gasteiger partial charge on any atom is -0.298 e. The van der Waals surface area contributed by atoms with E-state index in [2.05, 4.69) is 0 Å². The van der Waals surface area contributed by atoms with Crippen molar-refractivity contribution in [2.24, 2.45) is 0 Å². The highest BCUT2D eigenvalue weighted by Gasteiger charge is 2.31. The molecular weight excluding hydrogens is 204 g/mol. The molecule has 1 aliphatic rings. The molecule has 0 N–H and O–H groups in total. The third-order valence-electron chi connectivity index (χ3n) is 1.72. The second-order valence-corrected chi connectivity index (χ2v) is 4.81. The lowest BCUT2D eigenvalue weighted by Gasteiger charge is -2.13. The fourth-order valence-corrected chi connectivity index (χ4v) is 2.35. The van der Waals surface area contributed by atoms with Crippen LogP contribution in [0.15, 0.2) is 0 Å². The lowest BCUT2D eigenvalue weighted by atomic mass is 10.4. The van der Waals surface area contributed by atoms with E-state index in [1.807, 2.05) is 0 Å². The van der Waals surface area contributed by atoms with E-state index in [-0.39, 0.29) is 25.3 Å². The molecule has 4 nitrogen and oxygen atoms in total. The Labute approximate surface area is 74.6 Å². The molecule has 1 heterocycles. The summed E-state index contributed by atoms with van der Waals surface area (Å²) in [6, 6.07) is 0. The van der Waals surface area contributed by atoms with Gasteiger partial charge in [0.25, 0.3) is 6.43 Å². The maximum atomic E-state index is 11.8. The van der Waals surface area contributed by atoms with Crippen molar-refractivity contribution < 1.29 is 22.0 Å². The van der Waals surface area contributed by atoms with Gasteiger partial charge in [-0.3, -0.25) is 4.79 Å². The molecule has 1 saturated heterocycles. The van der Waals surface area contributed by atoms with Gasteiger partial charge < -0.3 is 0 Å². The van der Waals surface area contributed by atoms with Crippen LogP contribution in [0.1, 0.15) is 6.42 Å². The van der Waals surface area contributed by atoms with Gasteiger partial charge in [-0.05, 0) is 0 Å². The first-order valence-electron chi connectivity index (χ1n) is 3.69. The molecule has 1 fully saturated rings. The normalized spacial score (nSPS) is 20.1. The standard InChI is InChI=1S/C6H9F2NO3S/c7-6(8)4-13(11,12)9-2-1-5(10)3-9/h6H,1-4H2. The Morgan fingerprint density at radius 1 is 1.46 bits per heavy atom. The maximum Gasteiger partial charge on any atom is 0.253 e. The summed E-state index contributed by atoms with van der Waals surface area (Å²) in [4.78, 5) is 10.7. The second-order valence-electron chi connectivity index (χ2n) is 2.79. The summed E-state index contributed by atoms with van der Waals surface area (Å²) in [5.74, 6) is -1.42. The molecule has 1 rings (SSSR count). The van der Waals surface area contributed by atoms with E-state index in [0.717, 1.165) is 4.31 Å². The Balaban J connectivity index is 2.65. The molecule has 0 aromatic carbocycles. The van der Waals surface area contributed by atoms with Crippen molar-refractivity contribution in [1.82, 2.24) is 4.31 Å². The van der Waals surface area contributed by atoms with Crippen molar-refractivity contribution in [3.05, 3.63) is 0 Å². The van der Waals surface area contributed by atoms with Gasteiger partial charge in [-0.15, -0.1) is 0 Å². The molecule has 0 aromatic rings. The zero-order valence-electron chi connectivity index (χ0n) is 6.74. The average molecular weight is 213 g/mol. The predicted molar refractivity (Wildman–Crippen MR) is 41.0 cm³/mol. The smallest absolute Gasteiger partial charge is 0.253 e. The predicted octanol–water partition coefficient (Wildman–Crippen LogP) is -0.144. The molecule has 0 bridgehead atoms. The summed E-state index contributed by atoms with van der Waals surface area (Å²) >= 11 is 0. The number of hydrogen-bond donors (Lipinski definition) is 0. The van der Waals surface area contributed by atoms with Crippen LogP contribution in [0.2, 0.25) is 0 Å². The SMILES string of the molecule is O=C1CCN(S(=O)(=O)CC(F)F)C1. The number of carbonyl (C=O) groups is 1. The zero-order valence-corrected chi connectivity index (χ0v) is 7.56. The number of sulfonamides is 1. The minimum atomic E-state index is -3.93. The van der Waals surface area contributed by atoms with Crippen molar-refractivity contribution in [3.63, 3.8) is 0 Å². The van der Waals surface area contributed by atoms with Crippen LogP contribution in [0.5, 0.6) is 0 Å². The summed E-state index contributed by atoms with van der Waals surface area (Å²) in [5.41, 5.74) is 0. The van der Waals surface area contributed by atoms with Crippen LogP contribution in [-0.2, 0) is 14.8 Å². The molecule has 1 aliphatic heterocycles. The van der Waals surface area contributed by atoms with Crippen LogP contribution in [0.4, 0.5) is 8.78 Å². The van der Waals surface area contributed by atoms with E-state index >= 15 is 0 Å². The first-order chi connectivity index (χ1) is 5.92. The van der Waals surface area contributed by atoms with E-state index in [1.165, 1.54) is 0 Å². The van der Waals surface area contributed by atoms with Gasteiger partial charge in [-0.1, -0.05) is 0 Å². The molecule has 0 saturated carbocycles. The first-order valence-corrected chi connectivity index (χ1v) is 5.30. The quantitative estimate of drug-likeness (QED) is 0.655. The Kier molecular flexibility index (Phi) is 2.97. The second kappa shape index (κ2) is 3.67. The molecule has 76 valence electrons. The fraction of sp³-hybridized carbons (Fsp3) is 0.833. The number of nitrogens with zero attached hydrogens (tertiary/aromatic N) is 1. The van der Waals surface area contributed by atoms with Crippen molar-refractivity contribution >= 4 is 15.8 Å². The number of alkyl halides is 2. The monoisotopic (exact) mass is 213 g/mol. The van der Waals surface area contributed by atoms with E-state index in [0.29, 0.717) is 0 Å². The third kappa shape index (κ3) is 2.70. The van der Waals surface area contributed by atoms with Gasteiger partial charge in [-0.2, -0.15) is 4.31 Å². The molecule has 0 amide bonds. The Hall–Kier alpha value is -0.560. The van der Waals surface area contributed by atoms with Gasteiger partial charge in [0.2, 0.25) is 10.0 Å². The molecule has 0 aromatic heterocycles. The molecule has 13 heavy (non-hydrogen) atoms. The van der Waals surface area contributed by atoms with Gasteiger partial charge in [0.05, 0.1) is 6.54 Å². The van der Waals surface area contributed by atoms with Crippen molar-refractivity contribution in [3.8, 4) is 0 Å². The van der Waals surface area contributed by atoms with Crippen LogP contribution in [0.3, 0.4) is 0 Å². The van der Waals surface area contributed by atoms with Crippen molar-refractivity contribution in [2.75, 3.05) is 18.8 Å². The summed E-state index contributed by atoms with van der Waals surface area (Å²) in [7, 11) is -3.93. The summed E-state index contributed by atoms with van der Waals surface area (Å²) in [6.07, 6.45) is -2.76. The molecule has 0 spiro atoms. The molecule has 0 aliphatic carbocycles. The van der Waals surface area contributed by atoms with Crippen molar-refractivity contribution in [1.29, 1.82) is 0 Å². The number of hydrogen-bond acceptors (Lipinski definition) is 3. The van der Waals surface area contributed by atoms with Gasteiger partial charge in [0.15, 0.2) is 0 Å². The Morgan fingerprint density at radius 3 is 2.46 bits per heavy atom. The molecule has 0 radical (unpaired) electrons. The third-order valence-corrected chi connectivity index (χ3v) is 3.49. The van der Waals surface area contributed by atoms with E-state index in [1.54, 1.807) is 0 Å². The van der Waals surface area contributed by atoms with Gasteiger partial charge >= 0.3 is 0 Å². The highest BCUT2D eigenvalue weighted by Crippen LogP contribution is 2.12. The van der Waals surface area contributed by atoms with E-state index in [4.69, 9.17) is 0 Å². The maximum absolute atomic E-state index is 11.8. The summed E-state index contributed by atoms with van der Waals surface area (Å²) in [5, 5.41) is 0. The van der Waals surface area contributed by atoms with Crippen LogP contribution in [-0.4, -0.2) is 43.8 Å². The van der Waals surface area contributed by atoms with Gasteiger partial charge in [0, 0.05) is 13.0 Å². The van der Waals surface area contributed by atoms with E-state index < -0.39 is 22.2 Å². The fourth-order valence-electron chi connectivity index (χ4n) is 1.11. The van der Waals surface area contributed by atoms with Crippen LogP contribution in [0.25, 0.3) is 0 Å². The zero-order chi connectivity index (χ0) is 10.1. The number of Topliss-reactive ketones (excluding diaryl/α,β-unsaturated/α-hetero) is 1. The summed E-state index contributed by atoms with van der Waals surface area (Å²) in [6.45, 7) is -0.219. The number of ketones is 1. The van der Waals surface area contributed by atoms with Crippen LogP contribution >= 0.6 is 0 Å². The Morgan fingerprint density at radius 2 is 2.08 bits per heavy atom. The van der Waals surface area contributed by atoms with Gasteiger partial charge in [0.1, 0.15) is 11.5 Å². The number of halogens is 2.